The molecule has 3 aromatic rings. The molecule has 0 saturated carbocycles. The zero-order valence-corrected chi connectivity index (χ0v) is 13.4. The molecule has 1 aromatic heterocycles. The Morgan fingerprint density at radius 2 is 1.75 bits per heavy atom. The van der Waals surface area contributed by atoms with Gasteiger partial charge >= 0.3 is 0 Å². The molecule has 4 rings (SSSR count). The SMILES string of the molecule is Cn1c(O)c(N=NC2=NS(=O)(=O)c3ccccc32)c2ccccc21. The second kappa shape index (κ2) is 5.00. The number of rotatable bonds is 1. The van der Waals surface area contributed by atoms with E-state index in [2.05, 4.69) is 14.6 Å². The first-order chi connectivity index (χ1) is 11.5. The van der Waals surface area contributed by atoms with Crippen molar-refractivity contribution in [3.05, 3.63) is 54.1 Å². The summed E-state index contributed by atoms with van der Waals surface area (Å²) in [5.41, 5.74) is 1.48. The zero-order chi connectivity index (χ0) is 16.9. The highest BCUT2D eigenvalue weighted by Gasteiger charge is 2.28. The molecule has 0 radical (unpaired) electrons. The Bertz CT molecular complexity index is 1140. The molecule has 1 aliphatic heterocycles. The quantitative estimate of drug-likeness (QED) is 0.689. The van der Waals surface area contributed by atoms with Crippen molar-refractivity contribution >= 4 is 32.4 Å². The van der Waals surface area contributed by atoms with Gasteiger partial charge in [-0.15, -0.1) is 14.6 Å². The van der Waals surface area contributed by atoms with Gasteiger partial charge in [-0.25, -0.2) is 0 Å². The lowest BCUT2D eigenvalue weighted by Crippen LogP contribution is -1.93. The molecular weight excluding hydrogens is 328 g/mol. The lowest BCUT2D eigenvalue weighted by molar-refractivity contribution is 0.436. The van der Waals surface area contributed by atoms with E-state index < -0.39 is 10.0 Å². The zero-order valence-electron chi connectivity index (χ0n) is 12.6. The first-order valence-electron chi connectivity index (χ1n) is 7.11. The van der Waals surface area contributed by atoms with E-state index in [0.717, 1.165) is 10.9 Å². The highest BCUT2D eigenvalue weighted by Crippen LogP contribution is 2.38. The fraction of sp³-hybridized carbons (Fsp3) is 0.0625. The van der Waals surface area contributed by atoms with E-state index in [1.54, 1.807) is 29.8 Å². The summed E-state index contributed by atoms with van der Waals surface area (Å²) in [6.07, 6.45) is 0. The number of benzene rings is 2. The van der Waals surface area contributed by atoms with Crippen LogP contribution in [0.1, 0.15) is 5.56 Å². The van der Waals surface area contributed by atoms with Crippen LogP contribution in [0.5, 0.6) is 5.88 Å². The second-order valence-corrected chi connectivity index (χ2v) is 6.91. The number of hydrogen-bond acceptors (Lipinski definition) is 5. The van der Waals surface area contributed by atoms with Crippen LogP contribution in [0.2, 0.25) is 0 Å². The molecule has 2 heterocycles. The van der Waals surface area contributed by atoms with Gasteiger partial charge in [0.1, 0.15) is 4.90 Å². The molecule has 8 heteroatoms. The normalized spacial score (nSPS) is 15.8. The van der Waals surface area contributed by atoms with Gasteiger partial charge in [0.25, 0.3) is 10.0 Å². The minimum Gasteiger partial charge on any atom is -0.493 e. The number of nitrogens with zero attached hydrogens (tertiary/aromatic N) is 4. The van der Waals surface area contributed by atoms with Gasteiger partial charge in [-0.3, -0.25) is 0 Å². The number of aryl methyl sites for hydroxylation is 1. The van der Waals surface area contributed by atoms with Gasteiger partial charge in [0.05, 0.1) is 5.52 Å². The molecule has 120 valence electrons. The van der Waals surface area contributed by atoms with Crippen molar-refractivity contribution in [1.82, 2.24) is 4.57 Å². The fourth-order valence-electron chi connectivity index (χ4n) is 2.72. The Kier molecular flexibility index (Phi) is 3.04. The van der Waals surface area contributed by atoms with Gasteiger partial charge in [-0.1, -0.05) is 30.3 Å². The first kappa shape index (κ1) is 14.6. The molecule has 0 saturated heterocycles. The molecule has 0 amide bonds. The van der Waals surface area contributed by atoms with Gasteiger partial charge in [-0.2, -0.15) is 8.42 Å². The second-order valence-electron chi connectivity index (χ2n) is 5.33. The summed E-state index contributed by atoms with van der Waals surface area (Å²) in [4.78, 5) is 0.112. The topological polar surface area (TPSA) is 96.4 Å². The summed E-state index contributed by atoms with van der Waals surface area (Å²) in [7, 11) is -2.03. The van der Waals surface area contributed by atoms with E-state index in [1.807, 2.05) is 24.3 Å². The minimum absolute atomic E-state index is 0.0120. The summed E-state index contributed by atoms with van der Waals surface area (Å²) in [5.74, 6) is -0.0346. The van der Waals surface area contributed by atoms with Crippen LogP contribution < -0.4 is 0 Å². The van der Waals surface area contributed by atoms with Crippen LogP contribution in [-0.4, -0.2) is 23.9 Å². The molecule has 0 unspecified atom stereocenters. The number of hydrogen-bond donors (Lipinski definition) is 1. The van der Waals surface area contributed by atoms with Crippen LogP contribution in [0.15, 0.2) is 68.1 Å². The van der Waals surface area contributed by atoms with Crippen LogP contribution in [0.25, 0.3) is 10.9 Å². The van der Waals surface area contributed by atoms with E-state index in [4.69, 9.17) is 0 Å². The molecule has 1 N–H and O–H groups in total. The van der Waals surface area contributed by atoms with Gasteiger partial charge in [0.2, 0.25) is 5.88 Å². The van der Waals surface area contributed by atoms with Gasteiger partial charge in [0.15, 0.2) is 11.5 Å². The van der Waals surface area contributed by atoms with E-state index in [1.165, 1.54) is 6.07 Å². The van der Waals surface area contributed by atoms with Crippen molar-refractivity contribution in [2.75, 3.05) is 0 Å². The molecule has 0 fully saturated rings. The number of fused-ring (bicyclic) bond motifs is 2. The minimum atomic E-state index is -3.74. The predicted molar refractivity (Wildman–Crippen MR) is 89.3 cm³/mol. The smallest absolute Gasteiger partial charge is 0.285 e. The molecule has 2 aromatic carbocycles. The third kappa shape index (κ3) is 2.04. The maximum Gasteiger partial charge on any atom is 0.285 e. The third-order valence-corrected chi connectivity index (χ3v) is 5.23. The Morgan fingerprint density at radius 1 is 1.04 bits per heavy atom. The van der Waals surface area contributed by atoms with Gasteiger partial charge in [-0.05, 0) is 18.2 Å². The van der Waals surface area contributed by atoms with E-state index >= 15 is 0 Å². The standard InChI is InChI=1S/C16H12N4O3S/c1-20-12-8-4-2-6-10(12)14(16(20)21)17-18-15-11-7-3-5-9-13(11)24(22,23)19-15/h2-9,21H,1H3. The average molecular weight is 340 g/mol. The summed E-state index contributed by atoms with van der Waals surface area (Å²) < 4.78 is 29.3. The van der Waals surface area contributed by atoms with Crippen LogP contribution >= 0.6 is 0 Å². The molecule has 0 aliphatic carbocycles. The van der Waals surface area contributed by atoms with Crippen molar-refractivity contribution in [2.45, 2.75) is 4.90 Å². The number of amidine groups is 1. The largest absolute Gasteiger partial charge is 0.493 e. The molecule has 0 atom stereocenters. The summed E-state index contributed by atoms with van der Waals surface area (Å²) in [6.45, 7) is 0. The summed E-state index contributed by atoms with van der Waals surface area (Å²) in [5, 5.41) is 19.0. The lowest BCUT2D eigenvalue weighted by atomic mass is 10.2. The van der Waals surface area contributed by atoms with Crippen LogP contribution in [0.4, 0.5) is 5.69 Å². The number of aromatic hydroxyl groups is 1. The molecular formula is C16H12N4O3S. The van der Waals surface area contributed by atoms with Crippen molar-refractivity contribution in [1.29, 1.82) is 0 Å². The Balaban J connectivity index is 1.85. The Hall–Kier alpha value is -3.00. The Labute approximate surface area is 137 Å². The van der Waals surface area contributed by atoms with Gasteiger partial charge in [0, 0.05) is 18.0 Å². The highest BCUT2D eigenvalue weighted by molar-refractivity contribution is 7.90. The summed E-state index contributed by atoms with van der Waals surface area (Å²) in [6, 6.07) is 13.8. The van der Waals surface area contributed by atoms with Crippen molar-refractivity contribution in [3.8, 4) is 5.88 Å². The van der Waals surface area contributed by atoms with Gasteiger partial charge < -0.3 is 9.67 Å². The molecule has 0 spiro atoms. The molecule has 7 nitrogen and oxygen atoms in total. The number of sulfonamides is 1. The van der Waals surface area contributed by atoms with E-state index in [9.17, 15) is 13.5 Å². The lowest BCUT2D eigenvalue weighted by Gasteiger charge is -1.96. The first-order valence-corrected chi connectivity index (χ1v) is 8.55. The van der Waals surface area contributed by atoms with Crippen LogP contribution in [0.3, 0.4) is 0 Å². The summed E-state index contributed by atoms with van der Waals surface area (Å²) >= 11 is 0. The van der Waals surface area contributed by atoms with Crippen molar-refractivity contribution < 1.29 is 13.5 Å². The van der Waals surface area contributed by atoms with Crippen LogP contribution in [-0.2, 0) is 17.1 Å². The number of azo groups is 1. The monoisotopic (exact) mass is 340 g/mol. The number of para-hydroxylation sites is 1. The van der Waals surface area contributed by atoms with E-state index in [-0.39, 0.29) is 22.3 Å². The molecule has 1 aliphatic rings. The maximum absolute atomic E-state index is 12.0. The number of aromatic nitrogens is 1. The third-order valence-electron chi connectivity index (χ3n) is 3.91. The van der Waals surface area contributed by atoms with Crippen molar-refractivity contribution in [3.63, 3.8) is 0 Å². The van der Waals surface area contributed by atoms with E-state index in [0.29, 0.717) is 5.56 Å². The highest BCUT2D eigenvalue weighted by atomic mass is 32.2. The molecule has 24 heavy (non-hydrogen) atoms. The average Bonchev–Trinajstić information content (AvgIpc) is 2.99. The van der Waals surface area contributed by atoms with Crippen LogP contribution in [0, 0.1) is 0 Å². The predicted octanol–water partition coefficient (Wildman–Crippen LogP) is 3.12. The maximum atomic E-state index is 12.0. The fourth-order valence-corrected chi connectivity index (χ4v) is 3.86. The van der Waals surface area contributed by atoms with Crippen molar-refractivity contribution in [2.24, 2.45) is 21.7 Å². The molecule has 0 bridgehead atoms. The Morgan fingerprint density at radius 3 is 2.58 bits per heavy atom.